The summed E-state index contributed by atoms with van der Waals surface area (Å²) in [6.07, 6.45) is -0.569. The quantitative estimate of drug-likeness (QED) is 0.609. The van der Waals surface area contributed by atoms with Crippen LogP contribution in [0, 0.1) is 0 Å². The van der Waals surface area contributed by atoms with Gasteiger partial charge in [0.2, 0.25) is 0 Å². The van der Waals surface area contributed by atoms with E-state index in [1.807, 2.05) is 18.2 Å². The second-order valence-corrected chi connectivity index (χ2v) is 6.11. The molecule has 1 amide bonds. The van der Waals surface area contributed by atoms with Crippen LogP contribution in [0.25, 0.3) is 10.8 Å². The third kappa shape index (κ3) is 3.84. The van der Waals surface area contributed by atoms with Gasteiger partial charge in [0.05, 0.1) is 24.6 Å². The Hall–Kier alpha value is -3.32. The molecule has 2 heterocycles. The Morgan fingerprint density at radius 3 is 2.79 bits per heavy atom. The Kier molecular flexibility index (Phi) is 5.65. The molecule has 0 unspecified atom stereocenters. The number of carbonyl (C=O) groups is 1. The highest BCUT2D eigenvalue weighted by Gasteiger charge is 2.18. The number of aliphatic imine (C=N–C) groups is 1. The number of nitrogens with two attached hydrogens (primary N) is 1. The molecule has 4 rings (SSSR count). The number of hydrogen-bond donors (Lipinski definition) is 3. The Bertz CT molecular complexity index is 1070. The number of rotatable bonds is 3. The monoisotopic (exact) mass is 397 g/mol. The van der Waals surface area contributed by atoms with Crippen molar-refractivity contribution in [3.8, 4) is 0 Å². The number of halogens is 1. The summed E-state index contributed by atoms with van der Waals surface area (Å²) in [5.41, 5.74) is 9.27. The maximum absolute atomic E-state index is 11.6. The minimum Gasteiger partial charge on any atom is -0.450 e. The highest BCUT2D eigenvalue weighted by molar-refractivity contribution is 6.10. The molecule has 1 aromatic heterocycles. The fourth-order valence-corrected chi connectivity index (χ4v) is 3.03. The van der Waals surface area contributed by atoms with E-state index in [0.29, 0.717) is 18.1 Å². The van der Waals surface area contributed by atoms with Gasteiger partial charge in [-0.3, -0.25) is 5.32 Å². The highest BCUT2D eigenvalue weighted by atomic mass is 35.5. The SMILES string of the molecule is CCOC(=O)Nc1cc2c(c(N)n1)N=C(c1ccc3ccccc3c1)CN2.Cl. The molecule has 0 bridgehead atoms. The third-order valence-corrected chi connectivity index (χ3v) is 4.30. The molecule has 144 valence electrons. The van der Waals surface area contributed by atoms with Crippen molar-refractivity contribution in [1.29, 1.82) is 0 Å². The summed E-state index contributed by atoms with van der Waals surface area (Å²) in [5.74, 6) is 0.561. The molecule has 4 N–H and O–H groups in total. The highest BCUT2D eigenvalue weighted by Crippen LogP contribution is 2.36. The first-order valence-corrected chi connectivity index (χ1v) is 8.69. The fourth-order valence-electron chi connectivity index (χ4n) is 3.03. The van der Waals surface area contributed by atoms with E-state index in [9.17, 15) is 4.79 Å². The van der Waals surface area contributed by atoms with Gasteiger partial charge in [0.1, 0.15) is 11.5 Å². The molecule has 0 saturated carbocycles. The number of aromatic nitrogens is 1. The lowest BCUT2D eigenvalue weighted by Crippen LogP contribution is -2.20. The van der Waals surface area contributed by atoms with Crippen LogP contribution < -0.4 is 16.4 Å². The van der Waals surface area contributed by atoms with E-state index >= 15 is 0 Å². The summed E-state index contributed by atoms with van der Waals surface area (Å²) in [5, 5.41) is 8.20. The first-order valence-electron chi connectivity index (χ1n) is 8.69. The number of nitrogens with zero attached hydrogens (tertiary/aromatic N) is 2. The van der Waals surface area contributed by atoms with Gasteiger partial charge in [0.25, 0.3) is 0 Å². The van der Waals surface area contributed by atoms with Crippen LogP contribution >= 0.6 is 12.4 Å². The molecule has 28 heavy (non-hydrogen) atoms. The topological polar surface area (TPSA) is 102 Å². The van der Waals surface area contributed by atoms with Crippen molar-refractivity contribution in [2.75, 3.05) is 29.5 Å². The second kappa shape index (κ2) is 8.14. The average Bonchev–Trinajstić information content (AvgIpc) is 2.67. The van der Waals surface area contributed by atoms with Gasteiger partial charge in [-0.25, -0.2) is 14.8 Å². The van der Waals surface area contributed by atoms with Gasteiger partial charge >= 0.3 is 6.09 Å². The summed E-state index contributed by atoms with van der Waals surface area (Å²) < 4.78 is 4.86. The zero-order chi connectivity index (χ0) is 18.8. The maximum Gasteiger partial charge on any atom is 0.412 e. The number of amides is 1. The van der Waals surface area contributed by atoms with Gasteiger partial charge in [0, 0.05) is 6.07 Å². The van der Waals surface area contributed by atoms with E-state index in [2.05, 4.69) is 39.9 Å². The Balaban J connectivity index is 0.00000225. The number of nitrogens with one attached hydrogen (secondary N) is 2. The molecule has 0 fully saturated rings. The molecule has 0 atom stereocenters. The van der Waals surface area contributed by atoms with Crippen molar-refractivity contribution < 1.29 is 9.53 Å². The number of benzene rings is 2. The molecule has 2 aromatic carbocycles. The van der Waals surface area contributed by atoms with Crippen molar-refractivity contribution in [2.45, 2.75) is 6.92 Å². The summed E-state index contributed by atoms with van der Waals surface area (Å²) >= 11 is 0. The number of nitrogen functional groups attached to an aromatic ring is 1. The van der Waals surface area contributed by atoms with Crippen molar-refractivity contribution in [2.24, 2.45) is 4.99 Å². The molecular formula is C20H20ClN5O2. The van der Waals surface area contributed by atoms with E-state index in [1.165, 1.54) is 5.39 Å². The first kappa shape index (κ1) is 19.4. The first-order chi connectivity index (χ1) is 13.1. The molecular weight excluding hydrogens is 378 g/mol. The van der Waals surface area contributed by atoms with Gasteiger partial charge < -0.3 is 15.8 Å². The van der Waals surface area contributed by atoms with Gasteiger partial charge in [-0.15, -0.1) is 12.4 Å². The van der Waals surface area contributed by atoms with Gasteiger partial charge in [-0.05, 0) is 29.3 Å². The molecule has 0 saturated heterocycles. The van der Waals surface area contributed by atoms with Gasteiger partial charge in [0.15, 0.2) is 5.82 Å². The lowest BCUT2D eigenvalue weighted by molar-refractivity contribution is 0.168. The number of carbonyl (C=O) groups excluding carboxylic acids is 1. The normalized spacial score (nSPS) is 12.2. The number of ether oxygens (including phenoxy) is 1. The summed E-state index contributed by atoms with van der Waals surface area (Å²) in [7, 11) is 0. The smallest absolute Gasteiger partial charge is 0.412 e. The Labute approximate surface area is 168 Å². The predicted molar refractivity (Wildman–Crippen MR) is 115 cm³/mol. The van der Waals surface area contributed by atoms with Crippen LogP contribution in [0.5, 0.6) is 0 Å². The van der Waals surface area contributed by atoms with Crippen molar-refractivity contribution in [3.63, 3.8) is 0 Å². The van der Waals surface area contributed by atoms with Crippen LogP contribution in [0.2, 0.25) is 0 Å². The Morgan fingerprint density at radius 1 is 1.21 bits per heavy atom. The number of anilines is 3. The van der Waals surface area contributed by atoms with E-state index in [-0.39, 0.29) is 24.8 Å². The molecule has 0 radical (unpaired) electrons. The number of pyridine rings is 1. The van der Waals surface area contributed by atoms with Crippen LogP contribution in [0.1, 0.15) is 12.5 Å². The molecule has 8 heteroatoms. The van der Waals surface area contributed by atoms with Crippen LogP contribution in [0.15, 0.2) is 53.5 Å². The third-order valence-electron chi connectivity index (χ3n) is 4.30. The summed E-state index contributed by atoms with van der Waals surface area (Å²) in [6, 6.07) is 16.1. The average molecular weight is 398 g/mol. The van der Waals surface area contributed by atoms with E-state index < -0.39 is 6.09 Å². The van der Waals surface area contributed by atoms with Crippen molar-refractivity contribution in [3.05, 3.63) is 54.1 Å². The molecule has 0 aliphatic carbocycles. The number of fused-ring (bicyclic) bond motifs is 2. The van der Waals surface area contributed by atoms with Crippen LogP contribution in [0.4, 0.5) is 27.8 Å². The second-order valence-electron chi connectivity index (χ2n) is 6.11. The van der Waals surface area contributed by atoms with Crippen LogP contribution in [-0.2, 0) is 4.74 Å². The largest absolute Gasteiger partial charge is 0.450 e. The molecule has 0 spiro atoms. The molecule has 1 aliphatic rings. The van der Waals surface area contributed by atoms with Crippen molar-refractivity contribution in [1.82, 2.24) is 4.98 Å². The van der Waals surface area contributed by atoms with Crippen molar-refractivity contribution >= 4 is 58.0 Å². The zero-order valence-corrected chi connectivity index (χ0v) is 16.0. The molecule has 7 nitrogen and oxygen atoms in total. The molecule has 1 aliphatic heterocycles. The van der Waals surface area contributed by atoms with E-state index in [1.54, 1.807) is 13.0 Å². The van der Waals surface area contributed by atoms with Gasteiger partial charge in [-0.1, -0.05) is 36.4 Å². The van der Waals surface area contributed by atoms with E-state index in [0.717, 1.165) is 22.3 Å². The van der Waals surface area contributed by atoms with E-state index in [4.69, 9.17) is 15.5 Å². The summed E-state index contributed by atoms with van der Waals surface area (Å²) in [4.78, 5) is 20.5. The fraction of sp³-hybridized carbons (Fsp3) is 0.150. The standard InChI is InChI=1S/C20H19N5O2.ClH/c1-2-27-20(26)25-17-10-15-18(19(21)24-17)23-16(11-22-15)14-8-7-12-5-3-4-6-13(12)9-14;/h3-10,22H,2,11H2,1H3,(H3,21,24,25,26);1H. The molecule has 3 aromatic rings. The van der Waals surface area contributed by atoms with Crippen LogP contribution in [0.3, 0.4) is 0 Å². The lowest BCUT2D eigenvalue weighted by Gasteiger charge is -2.20. The predicted octanol–water partition coefficient (Wildman–Crippen LogP) is 4.35. The van der Waals surface area contributed by atoms with Gasteiger partial charge in [-0.2, -0.15) is 0 Å². The van der Waals surface area contributed by atoms with Crippen LogP contribution in [-0.4, -0.2) is 29.9 Å². The summed E-state index contributed by atoms with van der Waals surface area (Å²) in [6.45, 7) is 2.57. The minimum absolute atomic E-state index is 0. The minimum atomic E-state index is -0.569. The Morgan fingerprint density at radius 2 is 2.00 bits per heavy atom. The lowest BCUT2D eigenvalue weighted by atomic mass is 10.0. The number of hydrogen-bond acceptors (Lipinski definition) is 6. The zero-order valence-electron chi connectivity index (χ0n) is 15.2. The maximum atomic E-state index is 11.6.